The van der Waals surface area contributed by atoms with Crippen LogP contribution in [0.1, 0.15) is 27.0 Å². The number of esters is 1. The largest absolute Gasteiger partial charge is 0.497 e. The lowest BCUT2D eigenvalue weighted by Gasteiger charge is -2.20. The second kappa shape index (κ2) is 9.07. The van der Waals surface area contributed by atoms with E-state index >= 15 is 0 Å². The number of hydrogen-bond donors (Lipinski definition) is 1. The summed E-state index contributed by atoms with van der Waals surface area (Å²) in [6.07, 6.45) is 3.54. The highest BCUT2D eigenvalue weighted by molar-refractivity contribution is 9.10. The molecule has 0 amide bonds. The summed E-state index contributed by atoms with van der Waals surface area (Å²) in [6.45, 7) is 1.74. The number of pyridine rings is 1. The molecule has 2 aromatic carbocycles. The number of nitrogens with zero attached hydrogens (tertiary/aromatic N) is 1. The smallest absolute Gasteiger partial charge is 0.339 e. The summed E-state index contributed by atoms with van der Waals surface area (Å²) in [7, 11) is -1.44. The second-order valence-corrected chi connectivity index (χ2v) is 9.42. The Morgan fingerprint density at radius 3 is 2.39 bits per heavy atom. The van der Waals surface area contributed by atoms with Gasteiger partial charge in [0, 0.05) is 18.8 Å². The molecule has 0 radical (unpaired) electrons. The maximum atomic E-state index is 13.6. The quantitative estimate of drug-likeness (QED) is 0.399. The number of rotatable bonds is 6. The van der Waals surface area contributed by atoms with E-state index in [4.69, 9.17) is 15.2 Å². The molecule has 0 fully saturated rings. The van der Waals surface area contributed by atoms with E-state index in [1.165, 1.54) is 38.5 Å². The van der Waals surface area contributed by atoms with Gasteiger partial charge in [0.1, 0.15) is 10.6 Å². The molecule has 3 rings (SSSR count). The third-order valence-electron chi connectivity index (χ3n) is 4.95. The van der Waals surface area contributed by atoms with Crippen LogP contribution in [0.4, 0.5) is 5.69 Å². The van der Waals surface area contributed by atoms with E-state index in [1.807, 2.05) is 6.07 Å². The molecule has 0 aliphatic rings. The molecule has 0 unspecified atom stereocenters. The number of sulfone groups is 1. The van der Waals surface area contributed by atoms with E-state index in [-0.39, 0.29) is 31.9 Å². The normalized spacial score (nSPS) is 11.2. The Labute approximate surface area is 189 Å². The van der Waals surface area contributed by atoms with E-state index < -0.39 is 15.8 Å². The zero-order valence-electron chi connectivity index (χ0n) is 17.2. The van der Waals surface area contributed by atoms with Gasteiger partial charge in [0.2, 0.25) is 9.84 Å². The number of methoxy groups -OCH3 is 2. The number of anilines is 1. The number of carbonyl (C=O) groups is 1. The fourth-order valence-electron chi connectivity index (χ4n) is 3.25. The molecule has 0 aliphatic heterocycles. The van der Waals surface area contributed by atoms with Crippen molar-refractivity contribution in [3.8, 4) is 5.75 Å². The van der Waals surface area contributed by atoms with Crippen molar-refractivity contribution in [1.29, 1.82) is 0 Å². The van der Waals surface area contributed by atoms with Gasteiger partial charge < -0.3 is 15.2 Å². The van der Waals surface area contributed by atoms with E-state index in [9.17, 15) is 13.2 Å². The summed E-state index contributed by atoms with van der Waals surface area (Å²) in [4.78, 5) is 16.7. The summed E-state index contributed by atoms with van der Waals surface area (Å²) in [5, 5.41) is 0. The SMILES string of the molecule is COC(=O)c1c(Cc2cccnc2)c(C)c(N)c(Br)c1S(=O)(=O)c1ccc(OC)cc1. The number of ether oxygens (including phenoxy) is 2. The Morgan fingerprint density at radius 2 is 1.84 bits per heavy atom. The molecule has 31 heavy (non-hydrogen) atoms. The van der Waals surface area contributed by atoms with E-state index in [2.05, 4.69) is 20.9 Å². The highest BCUT2D eigenvalue weighted by Gasteiger charge is 2.33. The minimum absolute atomic E-state index is 0.00488. The van der Waals surface area contributed by atoms with E-state index in [0.717, 1.165) is 5.56 Å². The number of aromatic nitrogens is 1. The molecule has 0 atom stereocenters. The predicted octanol–water partition coefficient (Wildman–Crippen LogP) is 3.95. The van der Waals surface area contributed by atoms with Gasteiger partial charge in [-0.25, -0.2) is 13.2 Å². The van der Waals surface area contributed by atoms with Gasteiger partial charge in [-0.2, -0.15) is 0 Å². The summed E-state index contributed by atoms with van der Waals surface area (Å²) in [5.41, 5.74) is 8.30. The fraction of sp³-hybridized carbons (Fsp3) is 0.182. The van der Waals surface area contributed by atoms with Crippen molar-refractivity contribution in [3.05, 3.63) is 75.5 Å². The van der Waals surface area contributed by atoms with Crippen molar-refractivity contribution < 1.29 is 22.7 Å². The van der Waals surface area contributed by atoms with Crippen LogP contribution in [0.25, 0.3) is 0 Å². The number of halogens is 1. The molecule has 3 aromatic rings. The number of hydrogen-bond acceptors (Lipinski definition) is 7. The Morgan fingerprint density at radius 1 is 1.16 bits per heavy atom. The van der Waals surface area contributed by atoms with Gasteiger partial charge in [-0.3, -0.25) is 4.98 Å². The van der Waals surface area contributed by atoms with Crippen LogP contribution in [-0.2, 0) is 21.0 Å². The van der Waals surface area contributed by atoms with Gasteiger partial charge in [-0.15, -0.1) is 0 Å². The first-order valence-corrected chi connectivity index (χ1v) is 11.5. The molecule has 0 bridgehead atoms. The van der Waals surface area contributed by atoms with Gasteiger partial charge in [0.05, 0.1) is 34.8 Å². The molecule has 9 heteroatoms. The first-order chi connectivity index (χ1) is 14.7. The Kier molecular flexibility index (Phi) is 6.66. The molecule has 0 saturated carbocycles. The van der Waals surface area contributed by atoms with Crippen molar-refractivity contribution in [3.63, 3.8) is 0 Å². The van der Waals surface area contributed by atoms with E-state index in [1.54, 1.807) is 25.4 Å². The molecule has 1 aromatic heterocycles. The number of nitrogens with two attached hydrogens (primary N) is 1. The van der Waals surface area contributed by atoms with Crippen molar-refractivity contribution >= 4 is 37.4 Å². The lowest BCUT2D eigenvalue weighted by Crippen LogP contribution is -2.18. The monoisotopic (exact) mass is 504 g/mol. The lowest BCUT2D eigenvalue weighted by atomic mass is 9.94. The first kappa shape index (κ1) is 22.8. The molecule has 1 heterocycles. The van der Waals surface area contributed by atoms with Crippen molar-refractivity contribution in [2.45, 2.75) is 23.1 Å². The Hall–Kier alpha value is -2.91. The van der Waals surface area contributed by atoms with Gasteiger partial charge in [-0.05, 0) is 69.9 Å². The number of benzene rings is 2. The zero-order chi connectivity index (χ0) is 22.8. The van der Waals surface area contributed by atoms with Crippen LogP contribution in [0.15, 0.2) is 63.1 Å². The summed E-state index contributed by atoms with van der Waals surface area (Å²) in [5.74, 6) is -0.262. The van der Waals surface area contributed by atoms with Crippen LogP contribution in [0.3, 0.4) is 0 Å². The molecule has 2 N–H and O–H groups in total. The Bertz CT molecular complexity index is 1230. The summed E-state index contributed by atoms with van der Waals surface area (Å²) >= 11 is 3.31. The molecule has 0 spiro atoms. The molecular formula is C22H21BrN2O5S. The maximum absolute atomic E-state index is 13.6. The third-order valence-corrected chi connectivity index (χ3v) is 7.88. The van der Waals surface area contributed by atoms with Gasteiger partial charge in [0.25, 0.3) is 0 Å². The van der Waals surface area contributed by atoms with Crippen LogP contribution in [-0.4, -0.2) is 33.6 Å². The summed E-state index contributed by atoms with van der Waals surface area (Å²) < 4.78 is 37.4. The Balaban J connectivity index is 2.34. The minimum atomic E-state index is -4.13. The molecule has 0 aliphatic carbocycles. The highest BCUT2D eigenvalue weighted by Crippen LogP contribution is 2.41. The summed E-state index contributed by atoms with van der Waals surface area (Å²) in [6, 6.07) is 9.50. The van der Waals surface area contributed by atoms with Crippen molar-refractivity contribution in [2.24, 2.45) is 0 Å². The van der Waals surface area contributed by atoms with Crippen LogP contribution in [0.2, 0.25) is 0 Å². The molecule has 7 nitrogen and oxygen atoms in total. The predicted molar refractivity (Wildman–Crippen MR) is 120 cm³/mol. The molecule has 0 saturated heterocycles. The average Bonchev–Trinajstić information content (AvgIpc) is 2.79. The van der Waals surface area contributed by atoms with E-state index in [0.29, 0.717) is 16.9 Å². The van der Waals surface area contributed by atoms with Gasteiger partial charge in [0.15, 0.2) is 0 Å². The van der Waals surface area contributed by atoms with Crippen LogP contribution >= 0.6 is 15.9 Å². The number of carbonyl (C=O) groups excluding carboxylic acids is 1. The van der Waals surface area contributed by atoms with Crippen LogP contribution in [0, 0.1) is 6.92 Å². The first-order valence-electron chi connectivity index (χ1n) is 9.19. The maximum Gasteiger partial charge on any atom is 0.339 e. The second-order valence-electron chi connectivity index (χ2n) is 6.74. The van der Waals surface area contributed by atoms with Crippen molar-refractivity contribution in [1.82, 2.24) is 4.98 Å². The lowest BCUT2D eigenvalue weighted by molar-refractivity contribution is 0.0595. The highest BCUT2D eigenvalue weighted by atomic mass is 79.9. The molecular weight excluding hydrogens is 484 g/mol. The minimum Gasteiger partial charge on any atom is -0.497 e. The standard InChI is InChI=1S/C22H21BrN2O5S/c1-13-17(11-14-5-4-10-25-12-14)18(22(26)30-3)21(19(23)20(13)24)31(27,28)16-8-6-15(29-2)7-9-16/h4-10,12H,11,24H2,1-3H3. The fourth-order valence-corrected chi connectivity index (χ4v) is 5.94. The average molecular weight is 505 g/mol. The number of nitrogen functional groups attached to an aromatic ring is 1. The van der Waals surface area contributed by atoms with Crippen molar-refractivity contribution in [2.75, 3.05) is 20.0 Å². The zero-order valence-corrected chi connectivity index (χ0v) is 19.6. The topological polar surface area (TPSA) is 109 Å². The van der Waals surface area contributed by atoms with Gasteiger partial charge in [-0.1, -0.05) is 6.07 Å². The third kappa shape index (κ3) is 4.28. The van der Waals surface area contributed by atoms with Gasteiger partial charge >= 0.3 is 5.97 Å². The molecule has 162 valence electrons. The van der Waals surface area contributed by atoms with Crippen LogP contribution in [0.5, 0.6) is 5.75 Å². The van der Waals surface area contributed by atoms with Crippen LogP contribution < -0.4 is 10.5 Å².